The molecule has 0 atom stereocenters. The van der Waals surface area contributed by atoms with Gasteiger partial charge in [-0.1, -0.05) is 67.5 Å². The smallest absolute Gasteiger partial charge is 0.339 e. The first-order valence-electron chi connectivity index (χ1n) is 13.0. The van der Waals surface area contributed by atoms with E-state index in [0.717, 1.165) is 23.5 Å². The minimum Gasteiger partial charge on any atom is -0.339 e. The van der Waals surface area contributed by atoms with Crippen molar-refractivity contribution in [2.45, 2.75) is 43.7 Å². The van der Waals surface area contributed by atoms with Gasteiger partial charge in [0.15, 0.2) is 15.7 Å². The van der Waals surface area contributed by atoms with Gasteiger partial charge in [-0.2, -0.15) is 18.2 Å². The fourth-order valence-corrected chi connectivity index (χ4v) is 5.32. The van der Waals surface area contributed by atoms with Crippen LogP contribution >= 0.6 is 0 Å². The van der Waals surface area contributed by atoms with Crippen molar-refractivity contribution in [2.75, 3.05) is 11.2 Å². The molecule has 2 heterocycles. The molecule has 0 radical (unpaired) electrons. The van der Waals surface area contributed by atoms with E-state index in [0.29, 0.717) is 41.5 Å². The molecule has 1 aliphatic rings. The molecule has 0 bridgehead atoms. The summed E-state index contributed by atoms with van der Waals surface area (Å²) >= 11 is 0. The van der Waals surface area contributed by atoms with Crippen LogP contribution in [0.2, 0.25) is 0 Å². The van der Waals surface area contributed by atoms with Gasteiger partial charge in [-0.25, -0.2) is 8.42 Å². The quantitative estimate of drug-likeness (QED) is 0.231. The lowest BCUT2D eigenvalue weighted by Gasteiger charge is -2.26. The molecule has 1 aliphatic heterocycles. The molecule has 3 aromatic carbocycles. The summed E-state index contributed by atoms with van der Waals surface area (Å²) in [5.74, 6) is 0.902. The highest BCUT2D eigenvalue weighted by Gasteiger charge is 2.35. The Morgan fingerprint density at radius 3 is 2.34 bits per heavy atom. The van der Waals surface area contributed by atoms with Crippen molar-refractivity contribution in [3.8, 4) is 11.1 Å². The molecular formula is C31H28F3N3O3S. The van der Waals surface area contributed by atoms with Gasteiger partial charge in [-0.15, -0.1) is 0 Å². The van der Waals surface area contributed by atoms with Crippen LogP contribution in [0.25, 0.3) is 22.4 Å². The second-order valence-electron chi connectivity index (χ2n) is 10.2. The minimum absolute atomic E-state index is 0.0276. The number of allylic oxidation sites excluding steroid dienone is 2. The number of sulfone groups is 1. The molecule has 0 unspecified atom stereocenters. The molecule has 10 heteroatoms. The third-order valence-electron chi connectivity index (χ3n) is 6.77. The Bertz CT molecular complexity index is 1740. The van der Waals surface area contributed by atoms with Crippen LogP contribution < -0.4 is 4.90 Å². The van der Waals surface area contributed by atoms with Crippen molar-refractivity contribution < 1.29 is 26.1 Å². The maximum Gasteiger partial charge on any atom is 0.417 e. The van der Waals surface area contributed by atoms with Crippen LogP contribution in [0.5, 0.6) is 0 Å². The summed E-state index contributed by atoms with van der Waals surface area (Å²) in [7, 11) is -3.39. The van der Waals surface area contributed by atoms with Gasteiger partial charge in [-0.05, 0) is 54.3 Å². The maximum absolute atomic E-state index is 14.1. The zero-order valence-electron chi connectivity index (χ0n) is 22.7. The number of hydrogen-bond donors (Lipinski definition) is 0. The molecule has 6 nitrogen and oxygen atoms in total. The zero-order valence-corrected chi connectivity index (χ0v) is 23.5. The number of nitrogens with zero attached hydrogens (tertiary/aromatic N) is 3. The molecule has 0 amide bonds. The molecule has 0 saturated heterocycles. The Morgan fingerprint density at radius 2 is 1.68 bits per heavy atom. The second kappa shape index (κ2) is 11.0. The summed E-state index contributed by atoms with van der Waals surface area (Å²) in [6.07, 6.45) is 1.13. The van der Waals surface area contributed by atoms with Crippen LogP contribution in [0.4, 0.5) is 18.9 Å². The number of hydrogen-bond acceptors (Lipinski definition) is 6. The molecule has 4 aromatic rings. The summed E-state index contributed by atoms with van der Waals surface area (Å²) in [5, 5.41) is 4.13. The molecule has 41 heavy (non-hydrogen) atoms. The number of aromatic nitrogens is 2. The SMILES string of the molecule is CC(C)c1nc(C2=CN(c3ccc(-c4cccc(S(C)(=O)=O)c4)cc3)C(c3ccccc3C(F)(F)F)=CCC2)no1. The third kappa shape index (κ3) is 6.12. The highest BCUT2D eigenvalue weighted by Crippen LogP contribution is 2.40. The summed E-state index contributed by atoms with van der Waals surface area (Å²) in [5.41, 5.74) is 2.51. The van der Waals surface area contributed by atoms with Gasteiger partial charge in [0, 0.05) is 40.9 Å². The highest BCUT2D eigenvalue weighted by molar-refractivity contribution is 7.90. The van der Waals surface area contributed by atoms with Gasteiger partial charge >= 0.3 is 6.18 Å². The van der Waals surface area contributed by atoms with Crippen molar-refractivity contribution in [1.29, 1.82) is 0 Å². The normalized spacial score (nSPS) is 14.6. The summed E-state index contributed by atoms with van der Waals surface area (Å²) in [6, 6.07) is 19.3. The van der Waals surface area contributed by atoms with Gasteiger partial charge in [0.05, 0.1) is 10.5 Å². The van der Waals surface area contributed by atoms with Crippen molar-refractivity contribution >= 4 is 26.8 Å². The lowest BCUT2D eigenvalue weighted by molar-refractivity contribution is -0.137. The number of alkyl halides is 3. The third-order valence-corrected chi connectivity index (χ3v) is 7.88. The Labute approximate surface area is 236 Å². The first kappa shape index (κ1) is 28.4. The van der Waals surface area contributed by atoms with Crippen LogP contribution in [0.3, 0.4) is 0 Å². The topological polar surface area (TPSA) is 76.3 Å². The molecule has 5 rings (SSSR count). The average molecular weight is 580 g/mol. The van der Waals surface area contributed by atoms with Crippen molar-refractivity contribution in [1.82, 2.24) is 10.1 Å². The Balaban J connectivity index is 1.61. The summed E-state index contributed by atoms with van der Waals surface area (Å²) in [4.78, 5) is 6.43. The molecule has 0 saturated carbocycles. The number of benzene rings is 3. The van der Waals surface area contributed by atoms with Crippen LogP contribution in [0.15, 0.2) is 94.5 Å². The van der Waals surface area contributed by atoms with E-state index in [1.807, 2.05) is 26.0 Å². The second-order valence-corrected chi connectivity index (χ2v) is 12.2. The van der Waals surface area contributed by atoms with E-state index in [9.17, 15) is 21.6 Å². The lowest BCUT2D eigenvalue weighted by atomic mass is 10.0. The van der Waals surface area contributed by atoms with Gasteiger partial charge in [0.1, 0.15) is 0 Å². The van der Waals surface area contributed by atoms with Crippen LogP contribution in [-0.2, 0) is 16.0 Å². The standard InChI is InChI=1S/C31H28F3N3O3S/c1-20(2)30-35-29(36-40-30)23-9-7-13-28(26-11-4-5-12-27(26)31(32,33)34)37(19-23)24-16-14-21(15-17-24)22-8-6-10-25(18-22)41(3,38)39/h4-6,8,10-20H,7,9H2,1-3H3. The first-order valence-corrected chi connectivity index (χ1v) is 14.9. The Morgan fingerprint density at radius 1 is 0.951 bits per heavy atom. The summed E-state index contributed by atoms with van der Waals surface area (Å²) < 4.78 is 71.7. The van der Waals surface area contributed by atoms with E-state index in [2.05, 4.69) is 10.1 Å². The van der Waals surface area contributed by atoms with Crippen molar-refractivity contribution in [3.63, 3.8) is 0 Å². The predicted octanol–water partition coefficient (Wildman–Crippen LogP) is 7.96. The van der Waals surface area contributed by atoms with E-state index < -0.39 is 21.6 Å². The first-order chi connectivity index (χ1) is 19.4. The Kier molecular flexibility index (Phi) is 7.61. The van der Waals surface area contributed by atoms with Gasteiger partial charge in [-0.3, -0.25) is 0 Å². The molecule has 1 aromatic heterocycles. The van der Waals surface area contributed by atoms with Gasteiger partial charge in [0.2, 0.25) is 5.89 Å². The van der Waals surface area contributed by atoms with Crippen LogP contribution in [-0.4, -0.2) is 24.8 Å². The van der Waals surface area contributed by atoms with Crippen LogP contribution in [0.1, 0.15) is 55.4 Å². The molecule has 0 N–H and O–H groups in total. The average Bonchev–Trinajstić information content (AvgIpc) is 3.33. The number of anilines is 1. The van der Waals surface area contributed by atoms with Crippen molar-refractivity contribution in [2.24, 2.45) is 0 Å². The molecule has 212 valence electrons. The zero-order chi connectivity index (χ0) is 29.4. The maximum atomic E-state index is 14.1. The monoisotopic (exact) mass is 579 g/mol. The predicted molar refractivity (Wildman–Crippen MR) is 152 cm³/mol. The van der Waals surface area contributed by atoms with Gasteiger partial charge < -0.3 is 9.42 Å². The molecule has 0 spiro atoms. The molecule has 0 fully saturated rings. The largest absolute Gasteiger partial charge is 0.417 e. The van der Waals surface area contributed by atoms with Crippen molar-refractivity contribution in [3.05, 3.63) is 108 Å². The van der Waals surface area contributed by atoms with E-state index in [1.165, 1.54) is 18.2 Å². The lowest BCUT2D eigenvalue weighted by Crippen LogP contribution is -2.18. The Hall–Kier alpha value is -4.18. The molecular weight excluding hydrogens is 551 g/mol. The van der Waals surface area contributed by atoms with E-state index in [4.69, 9.17) is 4.52 Å². The van der Waals surface area contributed by atoms with Gasteiger partial charge in [0.25, 0.3) is 0 Å². The summed E-state index contributed by atoms with van der Waals surface area (Å²) in [6.45, 7) is 3.87. The fourth-order valence-electron chi connectivity index (χ4n) is 4.65. The number of rotatable bonds is 6. The van der Waals surface area contributed by atoms with Crippen LogP contribution in [0, 0.1) is 0 Å². The fraction of sp³-hybridized carbons (Fsp3) is 0.226. The van der Waals surface area contributed by atoms with E-state index in [-0.39, 0.29) is 16.4 Å². The number of halogens is 3. The highest BCUT2D eigenvalue weighted by atomic mass is 32.2. The van der Waals surface area contributed by atoms with E-state index >= 15 is 0 Å². The molecule has 0 aliphatic carbocycles. The minimum atomic E-state index is -4.55. The van der Waals surface area contributed by atoms with E-state index in [1.54, 1.807) is 53.6 Å².